The molecule has 0 bridgehead atoms. The molecule has 2 aromatic carbocycles. The first-order chi connectivity index (χ1) is 18.4. The van der Waals surface area contributed by atoms with Gasteiger partial charge in [-0.05, 0) is 106 Å². The van der Waals surface area contributed by atoms with Crippen molar-refractivity contribution in [2.24, 2.45) is 5.73 Å². The first kappa shape index (κ1) is 27.5. The Bertz CT molecular complexity index is 1240. The molecule has 38 heavy (non-hydrogen) atoms. The van der Waals surface area contributed by atoms with Crippen molar-refractivity contribution in [3.8, 4) is 17.4 Å². The fraction of sp³-hybridized carbons (Fsp3) is 0.345. The SMILES string of the molecule is Clc1cc(CCCN2CCCC2)ccc1OC1CC1.NC(=O)C(=O)c1ccnc(Oc2ccc(F)cc2)c1. The van der Waals surface area contributed by atoms with E-state index in [-0.39, 0.29) is 11.4 Å². The second kappa shape index (κ2) is 13.3. The molecular weight excluding hydrogens is 509 g/mol. The molecule has 2 heterocycles. The summed E-state index contributed by atoms with van der Waals surface area (Å²) in [5, 5.41) is 0.769. The number of carbonyl (C=O) groups is 2. The lowest BCUT2D eigenvalue weighted by Gasteiger charge is -2.14. The molecule has 1 saturated heterocycles. The fourth-order valence-electron chi connectivity index (χ4n) is 4.05. The van der Waals surface area contributed by atoms with E-state index < -0.39 is 17.5 Å². The Labute approximate surface area is 226 Å². The predicted molar refractivity (Wildman–Crippen MR) is 143 cm³/mol. The van der Waals surface area contributed by atoms with Gasteiger partial charge in [0.1, 0.15) is 17.3 Å². The van der Waals surface area contributed by atoms with E-state index in [1.54, 1.807) is 0 Å². The third-order valence-electron chi connectivity index (χ3n) is 6.21. The van der Waals surface area contributed by atoms with Crippen molar-refractivity contribution < 1.29 is 23.5 Å². The van der Waals surface area contributed by atoms with Crippen molar-refractivity contribution in [3.05, 3.63) is 82.8 Å². The molecule has 1 amide bonds. The number of hydrogen-bond donors (Lipinski definition) is 1. The van der Waals surface area contributed by atoms with Gasteiger partial charge in [-0.15, -0.1) is 0 Å². The summed E-state index contributed by atoms with van der Waals surface area (Å²) < 4.78 is 23.8. The molecule has 0 unspecified atom stereocenters. The molecule has 5 rings (SSSR count). The zero-order chi connectivity index (χ0) is 26.9. The minimum absolute atomic E-state index is 0.0830. The average molecular weight is 540 g/mol. The Hall–Kier alpha value is -3.49. The number of likely N-dealkylation sites (tertiary alicyclic amines) is 1. The second-order valence-electron chi connectivity index (χ2n) is 9.37. The van der Waals surface area contributed by atoms with Crippen molar-refractivity contribution >= 4 is 23.3 Å². The number of nitrogens with two attached hydrogens (primary N) is 1. The molecule has 1 aliphatic carbocycles. The first-order valence-corrected chi connectivity index (χ1v) is 13.2. The van der Waals surface area contributed by atoms with Gasteiger partial charge in [0, 0.05) is 17.8 Å². The first-order valence-electron chi connectivity index (χ1n) is 12.8. The van der Waals surface area contributed by atoms with Gasteiger partial charge in [0.2, 0.25) is 11.7 Å². The van der Waals surface area contributed by atoms with Crippen molar-refractivity contribution in [2.75, 3.05) is 19.6 Å². The molecule has 2 aliphatic rings. The van der Waals surface area contributed by atoms with Crippen LogP contribution < -0.4 is 15.2 Å². The molecule has 1 saturated carbocycles. The van der Waals surface area contributed by atoms with E-state index in [0.717, 1.165) is 17.2 Å². The van der Waals surface area contributed by atoms with E-state index in [0.29, 0.717) is 11.9 Å². The molecule has 7 nitrogen and oxygen atoms in total. The molecular formula is C29H31ClFN3O4. The highest BCUT2D eigenvalue weighted by atomic mass is 35.5. The molecule has 3 aromatic rings. The minimum atomic E-state index is -1.06. The summed E-state index contributed by atoms with van der Waals surface area (Å²) in [4.78, 5) is 28.6. The largest absolute Gasteiger partial charge is 0.489 e. The van der Waals surface area contributed by atoms with Crippen LogP contribution in [-0.4, -0.2) is 47.3 Å². The summed E-state index contributed by atoms with van der Waals surface area (Å²) in [5.74, 6) is -0.952. The number of hydrogen-bond acceptors (Lipinski definition) is 6. The standard InChI is InChI=1S/C16H22ClNO.C13H9FN2O3/c17-15-12-13(4-3-11-18-9-1-2-10-18)5-8-16(15)19-14-6-7-14;14-9-1-3-10(4-2-9)19-11-7-8(5-6-16-11)12(17)13(15)18/h5,8,12,14H,1-4,6-7,9-11H2;1-7H,(H2,15,18). The van der Waals surface area contributed by atoms with Gasteiger partial charge in [0.15, 0.2) is 0 Å². The van der Waals surface area contributed by atoms with Crippen LogP contribution in [0, 0.1) is 5.82 Å². The van der Waals surface area contributed by atoms with E-state index in [1.165, 1.54) is 99.9 Å². The fourth-order valence-corrected chi connectivity index (χ4v) is 4.29. The maximum absolute atomic E-state index is 12.7. The highest BCUT2D eigenvalue weighted by molar-refractivity contribution is 6.42. The van der Waals surface area contributed by atoms with Gasteiger partial charge in [0.05, 0.1) is 11.1 Å². The van der Waals surface area contributed by atoms with E-state index >= 15 is 0 Å². The average Bonchev–Trinajstić information content (AvgIpc) is 3.58. The summed E-state index contributed by atoms with van der Waals surface area (Å²) in [5.41, 5.74) is 6.31. The lowest BCUT2D eigenvalue weighted by Crippen LogP contribution is -2.23. The molecule has 0 spiro atoms. The molecule has 1 aromatic heterocycles. The number of primary amides is 1. The Morgan fingerprint density at radius 1 is 1.05 bits per heavy atom. The predicted octanol–water partition coefficient (Wildman–Crippen LogP) is 5.59. The zero-order valence-corrected chi connectivity index (χ0v) is 21.8. The Balaban J connectivity index is 0.000000177. The number of aryl methyl sites for hydroxylation is 1. The Morgan fingerprint density at radius 3 is 2.45 bits per heavy atom. The molecule has 2 N–H and O–H groups in total. The van der Waals surface area contributed by atoms with Crippen molar-refractivity contribution in [3.63, 3.8) is 0 Å². The number of amides is 1. The van der Waals surface area contributed by atoms with E-state index in [4.69, 9.17) is 26.8 Å². The maximum atomic E-state index is 12.7. The maximum Gasteiger partial charge on any atom is 0.289 e. The summed E-state index contributed by atoms with van der Waals surface area (Å²) in [6, 6.07) is 14.2. The molecule has 2 fully saturated rings. The van der Waals surface area contributed by atoms with Crippen LogP contribution in [0.25, 0.3) is 0 Å². The number of rotatable bonds is 10. The minimum Gasteiger partial charge on any atom is -0.489 e. The topological polar surface area (TPSA) is 94.8 Å². The van der Waals surface area contributed by atoms with Crippen molar-refractivity contribution in [1.29, 1.82) is 0 Å². The van der Waals surface area contributed by atoms with Gasteiger partial charge >= 0.3 is 0 Å². The third kappa shape index (κ3) is 8.53. The van der Waals surface area contributed by atoms with Crippen LogP contribution in [0.15, 0.2) is 60.8 Å². The van der Waals surface area contributed by atoms with Crippen LogP contribution in [0.5, 0.6) is 17.4 Å². The second-order valence-corrected chi connectivity index (χ2v) is 9.77. The highest BCUT2D eigenvalue weighted by Crippen LogP contribution is 2.32. The van der Waals surface area contributed by atoms with E-state index in [9.17, 15) is 14.0 Å². The van der Waals surface area contributed by atoms with Crippen LogP contribution in [0.3, 0.4) is 0 Å². The summed E-state index contributed by atoms with van der Waals surface area (Å²) in [7, 11) is 0. The number of ether oxygens (including phenoxy) is 2. The molecule has 1 aliphatic heterocycles. The lowest BCUT2D eigenvalue weighted by atomic mass is 10.1. The van der Waals surface area contributed by atoms with Gasteiger partial charge in [-0.1, -0.05) is 17.7 Å². The summed E-state index contributed by atoms with van der Waals surface area (Å²) >= 11 is 6.27. The van der Waals surface area contributed by atoms with Crippen LogP contribution in [0.2, 0.25) is 5.02 Å². The zero-order valence-electron chi connectivity index (χ0n) is 21.1. The lowest BCUT2D eigenvalue weighted by molar-refractivity contribution is -0.114. The van der Waals surface area contributed by atoms with Crippen LogP contribution >= 0.6 is 11.6 Å². The number of Topliss-reactive ketones (excluding diaryl/α,β-unsaturated/α-hetero) is 1. The third-order valence-corrected chi connectivity index (χ3v) is 6.51. The van der Waals surface area contributed by atoms with Crippen LogP contribution in [-0.2, 0) is 11.2 Å². The number of nitrogens with zero attached hydrogens (tertiary/aromatic N) is 2. The molecule has 9 heteroatoms. The van der Waals surface area contributed by atoms with Crippen molar-refractivity contribution in [1.82, 2.24) is 9.88 Å². The normalized spacial score (nSPS) is 14.9. The number of ketones is 1. The number of pyridine rings is 1. The van der Waals surface area contributed by atoms with Gasteiger partial charge in [-0.3, -0.25) is 9.59 Å². The van der Waals surface area contributed by atoms with Crippen LogP contribution in [0.4, 0.5) is 4.39 Å². The van der Waals surface area contributed by atoms with Gasteiger partial charge in [0.25, 0.3) is 5.91 Å². The number of halogens is 2. The van der Waals surface area contributed by atoms with Crippen molar-refractivity contribution in [2.45, 2.75) is 44.6 Å². The molecule has 0 atom stereocenters. The summed E-state index contributed by atoms with van der Waals surface area (Å²) in [6.45, 7) is 3.79. The van der Waals surface area contributed by atoms with Gasteiger partial charge in [-0.25, -0.2) is 9.37 Å². The number of benzene rings is 2. The number of aromatic nitrogens is 1. The molecule has 200 valence electrons. The van der Waals surface area contributed by atoms with E-state index in [1.807, 2.05) is 6.07 Å². The van der Waals surface area contributed by atoms with Crippen LogP contribution in [0.1, 0.15) is 48.0 Å². The van der Waals surface area contributed by atoms with Gasteiger partial charge in [-0.2, -0.15) is 0 Å². The highest BCUT2D eigenvalue weighted by Gasteiger charge is 2.24. The molecule has 0 radical (unpaired) electrons. The monoisotopic (exact) mass is 539 g/mol. The Kier molecular flexibility index (Phi) is 9.67. The Morgan fingerprint density at radius 2 is 1.79 bits per heavy atom. The summed E-state index contributed by atoms with van der Waals surface area (Å²) in [6.07, 6.45) is 9.16. The van der Waals surface area contributed by atoms with Gasteiger partial charge < -0.3 is 20.1 Å². The smallest absolute Gasteiger partial charge is 0.289 e. The van der Waals surface area contributed by atoms with E-state index in [2.05, 4.69) is 22.0 Å². The quantitative estimate of drug-likeness (QED) is 0.266. The number of carbonyl (C=O) groups excluding carboxylic acids is 2.